The molecule has 1 aromatic heterocycles. The molecule has 3 heteroatoms. The van der Waals surface area contributed by atoms with Crippen molar-refractivity contribution < 1.29 is 0 Å². The van der Waals surface area contributed by atoms with Gasteiger partial charge >= 0.3 is 0 Å². The van der Waals surface area contributed by atoms with E-state index in [4.69, 9.17) is 0 Å². The molecule has 0 amide bonds. The van der Waals surface area contributed by atoms with Gasteiger partial charge in [0.05, 0.1) is 12.0 Å². The normalized spacial score (nSPS) is 12.8. The lowest BCUT2D eigenvalue weighted by Gasteiger charge is -2.18. The molecule has 1 heterocycles. The lowest BCUT2D eigenvalue weighted by molar-refractivity contribution is 0.459. The molecular weight excluding hydrogens is 222 g/mol. The summed E-state index contributed by atoms with van der Waals surface area (Å²) in [5.74, 6) is 0. The van der Waals surface area contributed by atoms with Gasteiger partial charge in [0.2, 0.25) is 0 Å². The number of unbranched alkanes of at least 4 members (excludes halogenated alkanes) is 5. The van der Waals surface area contributed by atoms with E-state index in [-0.39, 0.29) is 0 Å². The van der Waals surface area contributed by atoms with Crippen molar-refractivity contribution in [3.63, 3.8) is 0 Å². The van der Waals surface area contributed by atoms with Gasteiger partial charge in [-0.1, -0.05) is 52.4 Å². The first-order valence-electron chi connectivity index (χ1n) is 7.49. The first kappa shape index (κ1) is 15.2. The van der Waals surface area contributed by atoms with Crippen molar-refractivity contribution in [3.05, 3.63) is 18.2 Å². The predicted octanol–water partition coefficient (Wildman–Crippen LogP) is 3.82. The summed E-state index contributed by atoms with van der Waals surface area (Å²) >= 11 is 0. The van der Waals surface area contributed by atoms with Gasteiger partial charge in [-0.3, -0.25) is 0 Å². The molecule has 1 aromatic rings. The molecule has 0 fully saturated rings. The highest BCUT2D eigenvalue weighted by Crippen LogP contribution is 2.19. The van der Waals surface area contributed by atoms with Gasteiger partial charge in [0, 0.05) is 19.3 Å². The second-order valence-electron chi connectivity index (χ2n) is 5.10. The number of imidazole rings is 1. The lowest BCUT2D eigenvalue weighted by Crippen LogP contribution is -2.22. The van der Waals surface area contributed by atoms with Gasteiger partial charge in [-0.2, -0.15) is 0 Å². The van der Waals surface area contributed by atoms with Gasteiger partial charge in [-0.25, -0.2) is 4.98 Å². The highest BCUT2D eigenvalue weighted by atomic mass is 15.1. The van der Waals surface area contributed by atoms with Crippen LogP contribution in [0.15, 0.2) is 12.5 Å². The highest BCUT2D eigenvalue weighted by Gasteiger charge is 2.12. The maximum absolute atomic E-state index is 4.22. The van der Waals surface area contributed by atoms with Crippen molar-refractivity contribution in [2.24, 2.45) is 7.05 Å². The molecule has 0 radical (unpaired) electrons. The van der Waals surface area contributed by atoms with Crippen LogP contribution in [0.25, 0.3) is 0 Å². The average molecular weight is 251 g/mol. The van der Waals surface area contributed by atoms with Gasteiger partial charge < -0.3 is 9.88 Å². The number of aromatic nitrogens is 2. The number of hydrogen-bond donors (Lipinski definition) is 1. The molecule has 1 rings (SSSR count). The summed E-state index contributed by atoms with van der Waals surface area (Å²) < 4.78 is 2.13. The molecule has 0 saturated carbocycles. The Morgan fingerprint density at radius 3 is 2.50 bits per heavy atom. The van der Waals surface area contributed by atoms with Crippen LogP contribution >= 0.6 is 0 Å². The van der Waals surface area contributed by atoms with Crippen LogP contribution < -0.4 is 5.32 Å². The monoisotopic (exact) mass is 251 g/mol. The number of aryl methyl sites for hydroxylation is 1. The van der Waals surface area contributed by atoms with Crippen molar-refractivity contribution >= 4 is 0 Å². The summed E-state index contributed by atoms with van der Waals surface area (Å²) in [7, 11) is 2.08. The molecule has 0 aliphatic heterocycles. The van der Waals surface area contributed by atoms with Crippen LogP contribution in [0.4, 0.5) is 0 Å². The Morgan fingerprint density at radius 2 is 1.89 bits per heavy atom. The topological polar surface area (TPSA) is 29.9 Å². The van der Waals surface area contributed by atoms with Gasteiger partial charge in [-0.05, 0) is 13.0 Å². The first-order chi connectivity index (χ1) is 8.79. The molecule has 0 saturated heterocycles. The molecule has 3 nitrogen and oxygen atoms in total. The maximum Gasteiger partial charge on any atom is 0.0946 e. The van der Waals surface area contributed by atoms with Crippen LogP contribution in [0.3, 0.4) is 0 Å². The SMILES string of the molecule is CCCCCCCCC(NCC)c1cncn1C. The minimum Gasteiger partial charge on any atom is -0.336 e. The van der Waals surface area contributed by atoms with E-state index in [0.717, 1.165) is 6.54 Å². The van der Waals surface area contributed by atoms with Crippen molar-refractivity contribution in [2.75, 3.05) is 6.54 Å². The standard InChI is InChI=1S/C15H29N3/c1-4-6-7-8-9-10-11-14(17-5-2)15-12-16-13-18(15)3/h12-14,17H,4-11H2,1-3H3. The van der Waals surface area contributed by atoms with Gasteiger partial charge in [0.25, 0.3) is 0 Å². The Kier molecular flexibility index (Phi) is 7.74. The zero-order valence-electron chi connectivity index (χ0n) is 12.3. The fourth-order valence-electron chi connectivity index (χ4n) is 2.43. The van der Waals surface area contributed by atoms with Crippen LogP contribution in [0.2, 0.25) is 0 Å². The van der Waals surface area contributed by atoms with Crippen LogP contribution in [0, 0.1) is 0 Å². The summed E-state index contributed by atoms with van der Waals surface area (Å²) in [5.41, 5.74) is 1.31. The average Bonchev–Trinajstić information content (AvgIpc) is 2.78. The fourth-order valence-corrected chi connectivity index (χ4v) is 2.43. The fraction of sp³-hybridized carbons (Fsp3) is 0.800. The Morgan fingerprint density at radius 1 is 1.17 bits per heavy atom. The number of hydrogen-bond acceptors (Lipinski definition) is 2. The zero-order valence-corrected chi connectivity index (χ0v) is 12.3. The van der Waals surface area contributed by atoms with E-state index in [1.54, 1.807) is 0 Å². The molecule has 1 atom stereocenters. The lowest BCUT2D eigenvalue weighted by atomic mass is 10.0. The van der Waals surface area contributed by atoms with Crippen LogP contribution in [-0.4, -0.2) is 16.1 Å². The Hall–Kier alpha value is -0.830. The second-order valence-corrected chi connectivity index (χ2v) is 5.10. The van der Waals surface area contributed by atoms with E-state index in [2.05, 4.69) is 35.8 Å². The van der Waals surface area contributed by atoms with Gasteiger partial charge in [0.15, 0.2) is 0 Å². The van der Waals surface area contributed by atoms with Crippen molar-refractivity contribution in [1.29, 1.82) is 0 Å². The summed E-state index contributed by atoms with van der Waals surface area (Å²) in [5, 5.41) is 3.57. The van der Waals surface area contributed by atoms with Crippen LogP contribution in [-0.2, 0) is 7.05 Å². The Labute approximate surface area is 112 Å². The third kappa shape index (κ3) is 5.21. The minimum absolute atomic E-state index is 0.466. The second kappa shape index (κ2) is 9.15. The van der Waals surface area contributed by atoms with E-state index in [9.17, 15) is 0 Å². The Balaban J connectivity index is 2.29. The summed E-state index contributed by atoms with van der Waals surface area (Å²) in [6, 6.07) is 0.466. The molecule has 104 valence electrons. The van der Waals surface area contributed by atoms with Crippen molar-refractivity contribution in [1.82, 2.24) is 14.9 Å². The summed E-state index contributed by atoms with van der Waals surface area (Å²) in [6.45, 7) is 5.46. The number of rotatable bonds is 10. The summed E-state index contributed by atoms with van der Waals surface area (Å²) in [4.78, 5) is 4.22. The number of nitrogens with one attached hydrogen (secondary N) is 1. The smallest absolute Gasteiger partial charge is 0.0946 e. The molecule has 0 aliphatic carbocycles. The van der Waals surface area contributed by atoms with E-state index in [1.165, 1.54) is 50.6 Å². The molecule has 18 heavy (non-hydrogen) atoms. The molecule has 1 unspecified atom stereocenters. The molecule has 1 N–H and O–H groups in total. The van der Waals surface area contributed by atoms with Crippen molar-refractivity contribution in [3.8, 4) is 0 Å². The molecule has 0 aromatic carbocycles. The highest BCUT2D eigenvalue weighted by molar-refractivity contribution is 5.04. The molecular formula is C15H29N3. The Bertz CT molecular complexity index is 306. The third-order valence-corrected chi connectivity index (χ3v) is 3.51. The summed E-state index contributed by atoms with van der Waals surface area (Å²) in [6.07, 6.45) is 13.3. The van der Waals surface area contributed by atoms with E-state index in [1.807, 2.05) is 12.5 Å². The van der Waals surface area contributed by atoms with E-state index in [0.29, 0.717) is 6.04 Å². The van der Waals surface area contributed by atoms with Gasteiger partial charge in [-0.15, -0.1) is 0 Å². The number of nitrogens with zero attached hydrogens (tertiary/aromatic N) is 2. The van der Waals surface area contributed by atoms with E-state index < -0.39 is 0 Å². The quantitative estimate of drug-likeness (QED) is 0.641. The zero-order chi connectivity index (χ0) is 13.2. The van der Waals surface area contributed by atoms with Crippen LogP contribution in [0.5, 0.6) is 0 Å². The molecule has 0 spiro atoms. The largest absolute Gasteiger partial charge is 0.336 e. The van der Waals surface area contributed by atoms with Crippen LogP contribution in [0.1, 0.15) is 70.5 Å². The predicted molar refractivity (Wildman–Crippen MR) is 77.6 cm³/mol. The first-order valence-corrected chi connectivity index (χ1v) is 7.49. The van der Waals surface area contributed by atoms with Gasteiger partial charge in [0.1, 0.15) is 0 Å². The van der Waals surface area contributed by atoms with Crippen molar-refractivity contribution in [2.45, 2.75) is 64.8 Å². The minimum atomic E-state index is 0.466. The molecule has 0 bridgehead atoms. The molecule has 0 aliphatic rings. The van der Waals surface area contributed by atoms with E-state index >= 15 is 0 Å². The third-order valence-electron chi connectivity index (χ3n) is 3.51. The maximum atomic E-state index is 4.22.